The Labute approximate surface area is 369 Å². The highest BCUT2D eigenvalue weighted by atomic mass is 16.6. The Bertz CT molecular complexity index is 1070. The number of hydrogen-bond donors (Lipinski definition) is 5. The van der Waals surface area contributed by atoms with Gasteiger partial charge in [0.1, 0.15) is 25.4 Å². The van der Waals surface area contributed by atoms with Crippen molar-refractivity contribution in [3.63, 3.8) is 0 Å². The van der Waals surface area contributed by atoms with E-state index in [1.165, 1.54) is 0 Å². The zero-order valence-corrected chi connectivity index (χ0v) is 37.1. The van der Waals surface area contributed by atoms with Crippen LogP contribution in [-0.4, -0.2) is 107 Å². The lowest BCUT2D eigenvalue weighted by Gasteiger charge is -2.33. The molecule has 364 valence electrons. The van der Waals surface area contributed by atoms with Crippen LogP contribution < -0.4 is 22.5 Å². The number of aliphatic hydroxyl groups is 1. The minimum atomic E-state index is -0.865. The quantitative estimate of drug-likeness (QED) is 0.0210. The molecule has 0 saturated carbocycles. The highest BCUT2D eigenvalue weighted by molar-refractivity contribution is 5.81. The summed E-state index contributed by atoms with van der Waals surface area (Å²) >= 11 is 0. The lowest BCUT2D eigenvalue weighted by atomic mass is 9.72. The van der Waals surface area contributed by atoms with Crippen LogP contribution in [0.25, 0.3) is 0 Å². The van der Waals surface area contributed by atoms with E-state index in [2.05, 4.69) is 19.2 Å². The molecule has 1 aliphatic heterocycles. The molecule has 0 bridgehead atoms. The van der Waals surface area contributed by atoms with E-state index in [-0.39, 0.29) is 60.3 Å². The van der Waals surface area contributed by atoms with Crippen molar-refractivity contribution in [1.82, 2.24) is 5.32 Å². The SMILES string of the molecule is C.C.C.C.CCCCCCOC(=O)C(C)(CC)CC(C)(C)C(=O)OCC(O)CNCCN.CCCCCCOC(=O)C(C)(CC)CC(C)(C)C(=O)OCC1CO1.NCCN. The molecule has 4 atom stereocenters. The molecule has 1 saturated heterocycles. The average molecular weight is 869 g/mol. The zero-order valence-electron chi connectivity index (χ0n) is 37.1. The van der Waals surface area contributed by atoms with Gasteiger partial charge < -0.3 is 51.3 Å². The summed E-state index contributed by atoms with van der Waals surface area (Å²) in [7, 11) is 0. The normalized spacial score (nSPS) is 15.3. The van der Waals surface area contributed by atoms with Crippen molar-refractivity contribution in [2.45, 2.75) is 188 Å². The molecular formula is C46H100N4O10. The van der Waals surface area contributed by atoms with Gasteiger partial charge in [-0.25, -0.2) is 0 Å². The molecule has 0 amide bonds. The minimum absolute atomic E-state index is 0. The maximum absolute atomic E-state index is 12.6. The van der Waals surface area contributed by atoms with Crippen molar-refractivity contribution in [3.8, 4) is 0 Å². The van der Waals surface area contributed by atoms with Crippen LogP contribution in [0.2, 0.25) is 0 Å². The third kappa shape index (κ3) is 31.5. The van der Waals surface area contributed by atoms with Crippen LogP contribution in [0.3, 0.4) is 0 Å². The Kier molecular flexibility index (Phi) is 44.3. The molecule has 0 aliphatic carbocycles. The van der Waals surface area contributed by atoms with Gasteiger partial charge in [-0.15, -0.1) is 0 Å². The lowest BCUT2D eigenvalue weighted by molar-refractivity contribution is -0.165. The van der Waals surface area contributed by atoms with E-state index in [0.29, 0.717) is 84.8 Å². The fraction of sp³-hybridized carbons (Fsp3) is 0.913. The maximum atomic E-state index is 12.6. The van der Waals surface area contributed by atoms with Crippen molar-refractivity contribution in [3.05, 3.63) is 0 Å². The first kappa shape index (κ1) is 69.3. The molecule has 1 rings (SSSR count). The predicted octanol–water partition coefficient (Wildman–Crippen LogP) is 7.73. The number of esters is 4. The van der Waals surface area contributed by atoms with Crippen molar-refractivity contribution in [1.29, 1.82) is 0 Å². The van der Waals surface area contributed by atoms with Gasteiger partial charge in [0.15, 0.2) is 0 Å². The van der Waals surface area contributed by atoms with Gasteiger partial charge in [-0.2, -0.15) is 0 Å². The lowest BCUT2D eigenvalue weighted by Crippen LogP contribution is -2.40. The van der Waals surface area contributed by atoms with Gasteiger partial charge in [-0.3, -0.25) is 19.2 Å². The van der Waals surface area contributed by atoms with Gasteiger partial charge in [-0.05, 0) is 80.1 Å². The van der Waals surface area contributed by atoms with E-state index >= 15 is 0 Å². The maximum Gasteiger partial charge on any atom is 0.311 e. The minimum Gasteiger partial charge on any atom is -0.465 e. The van der Waals surface area contributed by atoms with Crippen LogP contribution in [0.4, 0.5) is 0 Å². The van der Waals surface area contributed by atoms with E-state index in [1.54, 1.807) is 13.8 Å². The van der Waals surface area contributed by atoms with Crippen molar-refractivity contribution >= 4 is 23.9 Å². The van der Waals surface area contributed by atoms with Gasteiger partial charge in [0.2, 0.25) is 0 Å². The average Bonchev–Trinajstić information content (AvgIpc) is 4.00. The molecule has 14 heteroatoms. The zero-order chi connectivity index (χ0) is 43.3. The number of rotatable bonds is 29. The van der Waals surface area contributed by atoms with E-state index in [0.717, 1.165) is 51.4 Å². The molecular weight excluding hydrogens is 769 g/mol. The Morgan fingerprint density at radius 2 is 1.03 bits per heavy atom. The predicted molar refractivity (Wildman–Crippen MR) is 248 cm³/mol. The van der Waals surface area contributed by atoms with E-state index < -0.39 is 33.7 Å². The number of nitrogens with one attached hydrogen (secondary N) is 1. The Morgan fingerprint density at radius 3 is 1.37 bits per heavy atom. The summed E-state index contributed by atoms with van der Waals surface area (Å²) in [6.45, 7) is 23.4. The topological polar surface area (TPSA) is 228 Å². The van der Waals surface area contributed by atoms with Crippen molar-refractivity contribution in [2.24, 2.45) is 38.9 Å². The standard InChI is InChI=1S/C21H42N2O5.C19H34O5.C2H8N2.4CH4/c1-6-8-9-10-13-27-19(26)21(5,7-2)16-20(3,4)18(25)28-15-17(24)14-23-12-11-22;1-6-8-9-10-11-22-17(21)19(5,7-2)14-18(3,4)16(20)24-13-15-12-23-15;3-1-2-4;;;;/h17,23-24H,6-16,22H2,1-5H3;15H,6-14H2,1-5H3;1-4H2;4*1H4. The molecule has 1 aliphatic rings. The second-order valence-electron chi connectivity index (χ2n) is 16.7. The molecule has 1 fully saturated rings. The second-order valence-corrected chi connectivity index (χ2v) is 16.7. The van der Waals surface area contributed by atoms with Gasteiger partial charge in [0, 0.05) is 32.7 Å². The van der Waals surface area contributed by atoms with Crippen LogP contribution in [-0.2, 0) is 42.9 Å². The molecule has 4 unspecified atom stereocenters. The summed E-state index contributed by atoms with van der Waals surface area (Å²) in [6, 6.07) is 0. The van der Waals surface area contributed by atoms with Crippen LogP contribution in [0.1, 0.15) is 176 Å². The Balaban J connectivity index is -0.000000211. The van der Waals surface area contributed by atoms with Crippen molar-refractivity contribution < 1.29 is 48.0 Å². The summed E-state index contributed by atoms with van der Waals surface area (Å²) < 4.78 is 26.6. The molecule has 1 heterocycles. The summed E-state index contributed by atoms with van der Waals surface area (Å²) in [5.41, 5.74) is 12.1. The smallest absolute Gasteiger partial charge is 0.311 e. The van der Waals surface area contributed by atoms with Gasteiger partial charge in [0.25, 0.3) is 0 Å². The monoisotopic (exact) mass is 869 g/mol. The first-order chi connectivity index (χ1) is 26.3. The number of ether oxygens (including phenoxy) is 5. The van der Waals surface area contributed by atoms with Gasteiger partial charge in [-0.1, -0.05) is 95.9 Å². The van der Waals surface area contributed by atoms with Crippen LogP contribution in [0, 0.1) is 21.7 Å². The van der Waals surface area contributed by atoms with Gasteiger partial charge >= 0.3 is 23.9 Å². The fourth-order valence-electron chi connectivity index (χ4n) is 5.84. The van der Waals surface area contributed by atoms with E-state index in [4.69, 9.17) is 40.9 Å². The fourth-order valence-corrected chi connectivity index (χ4v) is 5.84. The van der Waals surface area contributed by atoms with Crippen LogP contribution in [0.15, 0.2) is 0 Å². The first-order valence-electron chi connectivity index (χ1n) is 21.1. The highest BCUT2D eigenvalue weighted by Crippen LogP contribution is 2.40. The first-order valence-corrected chi connectivity index (χ1v) is 21.1. The van der Waals surface area contributed by atoms with E-state index in [9.17, 15) is 24.3 Å². The summed E-state index contributed by atoms with van der Waals surface area (Å²) in [5.74, 6) is -1.19. The number of carbonyl (C=O) groups excluding carboxylic acids is 4. The number of aliphatic hydroxyl groups excluding tert-OH is 1. The largest absolute Gasteiger partial charge is 0.465 e. The summed E-state index contributed by atoms with van der Waals surface area (Å²) in [5, 5.41) is 12.8. The van der Waals surface area contributed by atoms with Crippen LogP contribution >= 0.6 is 0 Å². The van der Waals surface area contributed by atoms with Gasteiger partial charge in [0.05, 0.1) is 41.5 Å². The second kappa shape index (κ2) is 38.3. The molecule has 0 aromatic heterocycles. The Morgan fingerprint density at radius 1 is 0.633 bits per heavy atom. The van der Waals surface area contributed by atoms with Crippen LogP contribution in [0.5, 0.6) is 0 Å². The molecule has 0 aromatic carbocycles. The molecule has 0 aromatic rings. The molecule has 14 nitrogen and oxygen atoms in total. The third-order valence-corrected chi connectivity index (χ3v) is 9.85. The highest BCUT2D eigenvalue weighted by Gasteiger charge is 2.44. The third-order valence-electron chi connectivity index (χ3n) is 9.85. The summed E-state index contributed by atoms with van der Waals surface area (Å²) in [6.07, 6.45) is 9.66. The number of nitrogens with two attached hydrogens (primary N) is 3. The molecule has 0 spiro atoms. The van der Waals surface area contributed by atoms with E-state index in [1.807, 2.05) is 41.5 Å². The number of hydrogen-bond acceptors (Lipinski definition) is 14. The number of epoxide rings is 1. The summed E-state index contributed by atoms with van der Waals surface area (Å²) in [4.78, 5) is 50.0. The Hall–Kier alpha value is -2.36. The molecule has 0 radical (unpaired) electrons. The molecule has 60 heavy (non-hydrogen) atoms. The van der Waals surface area contributed by atoms with Crippen molar-refractivity contribution in [2.75, 3.05) is 65.8 Å². The number of unbranched alkanes of at least 4 members (excludes halogenated alkanes) is 6. The number of carbonyl (C=O) groups is 4. The molecule has 8 N–H and O–H groups in total.